The Bertz CT molecular complexity index is 1580. The van der Waals surface area contributed by atoms with Crippen LogP contribution in [0.3, 0.4) is 0 Å². The fourth-order valence-electron chi connectivity index (χ4n) is 4.34. The van der Waals surface area contributed by atoms with Crippen LogP contribution in [-0.2, 0) is 23.6 Å². The number of aliphatic carboxylic acids is 1. The van der Waals surface area contributed by atoms with E-state index in [4.69, 9.17) is 0 Å². The Balaban J connectivity index is 1.56. The van der Waals surface area contributed by atoms with Gasteiger partial charge in [-0.3, -0.25) is 4.79 Å². The van der Waals surface area contributed by atoms with Gasteiger partial charge in [0.2, 0.25) is 0 Å². The summed E-state index contributed by atoms with van der Waals surface area (Å²) in [4.78, 5) is 24.9. The van der Waals surface area contributed by atoms with Crippen LogP contribution >= 0.6 is 0 Å². The van der Waals surface area contributed by atoms with Gasteiger partial charge < -0.3 is 15.5 Å². The molecule has 4 aromatic rings. The van der Waals surface area contributed by atoms with Crippen LogP contribution in [0, 0.1) is 0 Å². The van der Waals surface area contributed by atoms with Crippen LogP contribution in [-0.4, -0.2) is 28.1 Å². The van der Waals surface area contributed by atoms with Crippen molar-refractivity contribution in [1.29, 1.82) is 0 Å². The third-order valence-electron chi connectivity index (χ3n) is 6.33. The van der Waals surface area contributed by atoms with Gasteiger partial charge in [0, 0.05) is 6.42 Å². The normalized spacial score (nSPS) is 12.5. The van der Waals surface area contributed by atoms with Crippen molar-refractivity contribution in [2.24, 2.45) is 0 Å². The maximum atomic E-state index is 13.5. The monoisotopic (exact) mass is 573 g/mol. The Kier molecular flexibility index (Phi) is 8.09. The SMILES string of the molecule is O=C(N[C@@H](Cc1ccc(-c2ccccc2C(F)(F)F)cc1)C(=O)O)c1cc(-c2ccccc2C(F)(F)F)ccc1O. The predicted molar refractivity (Wildman–Crippen MR) is 138 cm³/mol. The fourth-order valence-corrected chi connectivity index (χ4v) is 4.34. The highest BCUT2D eigenvalue weighted by Crippen LogP contribution is 2.39. The number of carbonyl (C=O) groups excluding carboxylic acids is 1. The average Bonchev–Trinajstić information content (AvgIpc) is 2.92. The lowest BCUT2D eigenvalue weighted by atomic mass is 9.96. The number of phenolic OH excluding ortho intramolecular Hbond substituents is 1. The molecule has 11 heteroatoms. The molecule has 41 heavy (non-hydrogen) atoms. The lowest BCUT2D eigenvalue weighted by molar-refractivity contribution is -0.139. The molecule has 4 rings (SSSR count). The van der Waals surface area contributed by atoms with E-state index < -0.39 is 52.7 Å². The molecule has 5 nitrogen and oxygen atoms in total. The number of alkyl halides is 6. The van der Waals surface area contributed by atoms with E-state index in [0.717, 1.165) is 24.3 Å². The Morgan fingerprint density at radius 2 is 1.20 bits per heavy atom. The predicted octanol–water partition coefficient (Wildman–Crippen LogP) is 7.19. The van der Waals surface area contributed by atoms with Crippen LogP contribution in [0.4, 0.5) is 26.3 Å². The van der Waals surface area contributed by atoms with Crippen LogP contribution in [0.5, 0.6) is 5.75 Å². The number of nitrogens with one attached hydrogen (secondary N) is 1. The number of amides is 1. The molecule has 0 fully saturated rings. The van der Waals surface area contributed by atoms with E-state index in [1.807, 2.05) is 0 Å². The van der Waals surface area contributed by atoms with Gasteiger partial charge in [-0.15, -0.1) is 0 Å². The first kappa shape index (κ1) is 29.2. The highest BCUT2D eigenvalue weighted by atomic mass is 19.4. The summed E-state index contributed by atoms with van der Waals surface area (Å²) in [5.74, 6) is -3.06. The minimum Gasteiger partial charge on any atom is -0.507 e. The number of hydrogen-bond acceptors (Lipinski definition) is 3. The van der Waals surface area contributed by atoms with Gasteiger partial charge in [0.1, 0.15) is 11.8 Å². The number of rotatable bonds is 7. The van der Waals surface area contributed by atoms with Gasteiger partial charge in [-0.2, -0.15) is 26.3 Å². The Morgan fingerprint density at radius 3 is 1.71 bits per heavy atom. The van der Waals surface area contributed by atoms with Gasteiger partial charge in [-0.1, -0.05) is 66.7 Å². The number of aromatic hydroxyl groups is 1. The molecular weight excluding hydrogens is 552 g/mol. The summed E-state index contributed by atoms with van der Waals surface area (Å²) in [6.45, 7) is 0. The lowest BCUT2D eigenvalue weighted by Gasteiger charge is -2.17. The van der Waals surface area contributed by atoms with E-state index in [-0.39, 0.29) is 28.7 Å². The first-order valence-corrected chi connectivity index (χ1v) is 12.0. The molecule has 0 bridgehead atoms. The first-order valence-electron chi connectivity index (χ1n) is 12.0. The van der Waals surface area contributed by atoms with Gasteiger partial charge in [0.15, 0.2) is 0 Å². The smallest absolute Gasteiger partial charge is 0.417 e. The molecule has 0 heterocycles. The lowest BCUT2D eigenvalue weighted by Crippen LogP contribution is -2.42. The number of carboxylic acid groups (broad SMARTS) is 1. The van der Waals surface area contributed by atoms with Crippen molar-refractivity contribution in [3.05, 3.63) is 113 Å². The molecule has 0 saturated carbocycles. The molecule has 0 unspecified atom stereocenters. The van der Waals surface area contributed by atoms with E-state index in [1.165, 1.54) is 66.7 Å². The van der Waals surface area contributed by atoms with Crippen molar-refractivity contribution < 1.29 is 46.1 Å². The number of halogens is 6. The zero-order chi connectivity index (χ0) is 29.9. The second-order valence-electron chi connectivity index (χ2n) is 9.08. The fraction of sp³-hybridized carbons (Fsp3) is 0.133. The van der Waals surface area contributed by atoms with E-state index in [9.17, 15) is 46.1 Å². The molecule has 0 saturated heterocycles. The number of benzene rings is 4. The molecule has 0 aromatic heterocycles. The van der Waals surface area contributed by atoms with Crippen molar-refractivity contribution in [3.8, 4) is 28.0 Å². The molecule has 1 atom stereocenters. The molecular formula is C30H21F6NO4. The van der Waals surface area contributed by atoms with Crippen LogP contribution in [0.25, 0.3) is 22.3 Å². The van der Waals surface area contributed by atoms with Gasteiger partial charge in [-0.25, -0.2) is 4.79 Å². The standard InChI is InChI=1S/C30H21F6NO4/c31-29(32,33)23-7-3-1-5-20(23)18-11-9-17(10-12-18)15-25(28(40)41)37-27(39)22-16-19(13-14-26(22)38)21-6-2-4-8-24(21)30(34,35)36/h1-14,16,25,38H,15H2,(H,37,39)(H,40,41)/t25-/m0/s1. The molecule has 3 N–H and O–H groups in total. The molecule has 0 spiro atoms. The third-order valence-corrected chi connectivity index (χ3v) is 6.33. The van der Waals surface area contributed by atoms with Gasteiger partial charge in [-0.05, 0) is 52.1 Å². The van der Waals surface area contributed by atoms with Crippen molar-refractivity contribution in [1.82, 2.24) is 5.32 Å². The van der Waals surface area contributed by atoms with Crippen LogP contribution in [0.2, 0.25) is 0 Å². The maximum absolute atomic E-state index is 13.5. The van der Waals surface area contributed by atoms with Crippen molar-refractivity contribution in [3.63, 3.8) is 0 Å². The van der Waals surface area contributed by atoms with Gasteiger partial charge >= 0.3 is 18.3 Å². The Morgan fingerprint density at radius 1 is 0.707 bits per heavy atom. The maximum Gasteiger partial charge on any atom is 0.417 e. The minimum absolute atomic E-state index is 0.0255. The summed E-state index contributed by atoms with van der Waals surface area (Å²) >= 11 is 0. The molecule has 0 aliphatic carbocycles. The van der Waals surface area contributed by atoms with Crippen LogP contribution in [0.15, 0.2) is 91.0 Å². The Hall–Kier alpha value is -4.80. The molecule has 1 amide bonds. The number of hydrogen-bond donors (Lipinski definition) is 3. The van der Waals surface area contributed by atoms with Crippen molar-refractivity contribution in [2.45, 2.75) is 24.8 Å². The Labute approximate surface area is 229 Å². The quantitative estimate of drug-likeness (QED) is 0.204. The van der Waals surface area contributed by atoms with Gasteiger partial charge in [0.05, 0.1) is 16.7 Å². The molecule has 4 aromatic carbocycles. The summed E-state index contributed by atoms with van der Waals surface area (Å²) in [5, 5.41) is 22.2. The second kappa shape index (κ2) is 11.4. The number of carbonyl (C=O) groups is 2. The summed E-state index contributed by atoms with van der Waals surface area (Å²) < 4.78 is 80.6. The molecule has 212 valence electrons. The first-order chi connectivity index (χ1) is 19.3. The number of carboxylic acids is 1. The van der Waals surface area contributed by atoms with Crippen molar-refractivity contribution >= 4 is 11.9 Å². The van der Waals surface area contributed by atoms with E-state index in [1.54, 1.807) is 0 Å². The summed E-state index contributed by atoms with van der Waals surface area (Å²) in [6, 6.07) is 17.0. The topological polar surface area (TPSA) is 86.6 Å². The zero-order valence-electron chi connectivity index (χ0n) is 20.9. The summed E-state index contributed by atoms with van der Waals surface area (Å²) in [5.41, 5.74) is -1.92. The van der Waals surface area contributed by atoms with E-state index in [2.05, 4.69) is 5.32 Å². The average molecular weight is 573 g/mol. The minimum atomic E-state index is -4.68. The molecule has 0 aliphatic rings. The third kappa shape index (κ3) is 6.68. The molecule has 0 radical (unpaired) electrons. The van der Waals surface area contributed by atoms with Crippen LogP contribution in [0.1, 0.15) is 27.0 Å². The largest absolute Gasteiger partial charge is 0.507 e. The number of phenols is 1. The van der Waals surface area contributed by atoms with Gasteiger partial charge in [0.25, 0.3) is 5.91 Å². The second-order valence-corrected chi connectivity index (χ2v) is 9.08. The van der Waals surface area contributed by atoms with Crippen LogP contribution < -0.4 is 5.32 Å². The van der Waals surface area contributed by atoms with E-state index >= 15 is 0 Å². The molecule has 0 aliphatic heterocycles. The summed E-state index contributed by atoms with van der Waals surface area (Å²) in [7, 11) is 0. The van der Waals surface area contributed by atoms with E-state index in [0.29, 0.717) is 5.56 Å². The highest BCUT2D eigenvalue weighted by Gasteiger charge is 2.34. The summed E-state index contributed by atoms with van der Waals surface area (Å²) in [6.07, 6.45) is -9.53. The highest BCUT2D eigenvalue weighted by molar-refractivity contribution is 6.00. The zero-order valence-corrected chi connectivity index (χ0v) is 20.9. The van der Waals surface area contributed by atoms with Crippen molar-refractivity contribution in [2.75, 3.05) is 0 Å².